The van der Waals surface area contributed by atoms with Crippen LogP contribution in [0.25, 0.3) is 0 Å². The van der Waals surface area contributed by atoms with E-state index >= 15 is 0 Å². The molecule has 1 atom stereocenters. The molecule has 0 aromatic heterocycles. The number of carbonyl (C=O) groups is 2. The highest BCUT2D eigenvalue weighted by Crippen LogP contribution is 2.21. The SMILES string of the molecule is CN(C)CC1CCCN1C(=O)Nc1ccccc1C(=O)O. The van der Waals surface area contributed by atoms with Crippen molar-refractivity contribution in [1.29, 1.82) is 0 Å². The molecule has 1 aromatic carbocycles. The maximum Gasteiger partial charge on any atom is 0.337 e. The number of para-hydroxylation sites is 1. The van der Waals surface area contributed by atoms with Crippen LogP contribution in [0.1, 0.15) is 23.2 Å². The van der Waals surface area contributed by atoms with Gasteiger partial charge in [0.2, 0.25) is 0 Å². The molecular weight excluding hydrogens is 270 g/mol. The van der Waals surface area contributed by atoms with Crippen LogP contribution >= 0.6 is 0 Å². The van der Waals surface area contributed by atoms with E-state index in [0.29, 0.717) is 12.2 Å². The van der Waals surface area contributed by atoms with Crippen LogP contribution in [-0.2, 0) is 0 Å². The Morgan fingerprint density at radius 3 is 2.76 bits per heavy atom. The van der Waals surface area contributed by atoms with E-state index in [2.05, 4.69) is 10.2 Å². The number of anilines is 1. The third kappa shape index (κ3) is 3.72. The third-order valence-electron chi connectivity index (χ3n) is 3.61. The smallest absolute Gasteiger partial charge is 0.337 e. The van der Waals surface area contributed by atoms with Gasteiger partial charge in [-0.1, -0.05) is 12.1 Å². The summed E-state index contributed by atoms with van der Waals surface area (Å²) < 4.78 is 0. The highest BCUT2D eigenvalue weighted by molar-refractivity contribution is 6.00. The molecule has 0 aliphatic carbocycles. The number of likely N-dealkylation sites (N-methyl/N-ethyl adjacent to an activating group) is 1. The lowest BCUT2D eigenvalue weighted by Gasteiger charge is -2.27. The highest BCUT2D eigenvalue weighted by atomic mass is 16.4. The summed E-state index contributed by atoms with van der Waals surface area (Å²) in [5.41, 5.74) is 0.444. The zero-order valence-electron chi connectivity index (χ0n) is 12.4. The predicted octanol–water partition coefficient (Wildman–Crippen LogP) is 1.94. The minimum Gasteiger partial charge on any atom is -0.478 e. The Hall–Kier alpha value is -2.08. The number of nitrogens with zero attached hydrogens (tertiary/aromatic N) is 2. The van der Waals surface area contributed by atoms with Crippen molar-refractivity contribution in [3.63, 3.8) is 0 Å². The van der Waals surface area contributed by atoms with Crippen LogP contribution in [0.4, 0.5) is 10.5 Å². The third-order valence-corrected chi connectivity index (χ3v) is 3.61. The van der Waals surface area contributed by atoms with E-state index in [1.165, 1.54) is 6.07 Å². The molecule has 1 unspecified atom stereocenters. The van der Waals surface area contributed by atoms with Crippen molar-refractivity contribution in [3.8, 4) is 0 Å². The number of hydrogen-bond acceptors (Lipinski definition) is 3. The fourth-order valence-corrected chi connectivity index (χ4v) is 2.68. The number of carboxylic acid groups (broad SMARTS) is 1. The van der Waals surface area contributed by atoms with Crippen LogP contribution in [-0.4, -0.2) is 60.1 Å². The summed E-state index contributed by atoms with van der Waals surface area (Å²) in [5.74, 6) is -1.04. The summed E-state index contributed by atoms with van der Waals surface area (Å²) in [4.78, 5) is 27.4. The van der Waals surface area contributed by atoms with Crippen LogP contribution in [0.3, 0.4) is 0 Å². The van der Waals surface area contributed by atoms with Gasteiger partial charge in [-0.2, -0.15) is 0 Å². The zero-order chi connectivity index (χ0) is 15.4. The molecule has 114 valence electrons. The molecule has 1 aromatic rings. The Bertz CT molecular complexity index is 531. The van der Waals surface area contributed by atoms with Crippen molar-refractivity contribution in [2.24, 2.45) is 0 Å². The molecule has 2 N–H and O–H groups in total. The fraction of sp³-hybridized carbons (Fsp3) is 0.467. The number of benzene rings is 1. The van der Waals surface area contributed by atoms with E-state index in [1.807, 2.05) is 14.1 Å². The maximum absolute atomic E-state index is 12.4. The van der Waals surface area contributed by atoms with Gasteiger partial charge >= 0.3 is 12.0 Å². The molecule has 2 rings (SSSR count). The largest absolute Gasteiger partial charge is 0.478 e. The van der Waals surface area contributed by atoms with Crippen LogP contribution in [0, 0.1) is 0 Å². The maximum atomic E-state index is 12.4. The zero-order valence-corrected chi connectivity index (χ0v) is 12.4. The molecule has 2 amide bonds. The second-order valence-corrected chi connectivity index (χ2v) is 5.53. The summed E-state index contributed by atoms with van der Waals surface area (Å²) in [6.45, 7) is 1.52. The summed E-state index contributed by atoms with van der Waals surface area (Å²) in [7, 11) is 3.96. The molecule has 1 heterocycles. The van der Waals surface area contributed by atoms with Gasteiger partial charge in [0.1, 0.15) is 0 Å². The molecule has 1 fully saturated rings. The molecular formula is C15H21N3O3. The van der Waals surface area contributed by atoms with Gasteiger partial charge < -0.3 is 20.2 Å². The van der Waals surface area contributed by atoms with Crippen molar-refractivity contribution < 1.29 is 14.7 Å². The molecule has 0 bridgehead atoms. The lowest BCUT2D eigenvalue weighted by molar-refractivity contribution is 0.0698. The Balaban J connectivity index is 2.09. The van der Waals surface area contributed by atoms with E-state index in [4.69, 9.17) is 5.11 Å². The van der Waals surface area contributed by atoms with Crippen molar-refractivity contribution in [1.82, 2.24) is 9.80 Å². The van der Waals surface area contributed by atoms with Gasteiger partial charge in [0.05, 0.1) is 11.3 Å². The molecule has 6 nitrogen and oxygen atoms in total. The van der Waals surface area contributed by atoms with Crippen molar-refractivity contribution in [3.05, 3.63) is 29.8 Å². The summed E-state index contributed by atoms with van der Waals surface area (Å²) in [5, 5.41) is 11.9. The molecule has 1 saturated heterocycles. The van der Waals surface area contributed by atoms with E-state index in [9.17, 15) is 9.59 Å². The van der Waals surface area contributed by atoms with E-state index in [1.54, 1.807) is 23.1 Å². The Kier molecular flexibility index (Phi) is 4.80. The van der Waals surface area contributed by atoms with E-state index in [-0.39, 0.29) is 17.6 Å². The Morgan fingerprint density at radius 2 is 2.10 bits per heavy atom. The monoisotopic (exact) mass is 291 g/mol. The van der Waals surface area contributed by atoms with Gasteiger partial charge in [-0.15, -0.1) is 0 Å². The lowest BCUT2D eigenvalue weighted by atomic mass is 10.2. The average Bonchev–Trinajstić information content (AvgIpc) is 2.86. The van der Waals surface area contributed by atoms with E-state index in [0.717, 1.165) is 19.4 Å². The van der Waals surface area contributed by atoms with Gasteiger partial charge in [-0.3, -0.25) is 0 Å². The number of carbonyl (C=O) groups excluding carboxylic acids is 1. The number of carboxylic acids is 1. The minimum atomic E-state index is -1.04. The first-order chi connectivity index (χ1) is 9.99. The van der Waals surface area contributed by atoms with Gasteiger partial charge in [-0.25, -0.2) is 9.59 Å². The number of amides is 2. The molecule has 21 heavy (non-hydrogen) atoms. The number of hydrogen-bond donors (Lipinski definition) is 2. The van der Waals surface area contributed by atoms with Gasteiger partial charge in [0.15, 0.2) is 0 Å². The number of rotatable bonds is 4. The van der Waals surface area contributed by atoms with Crippen LogP contribution in [0.15, 0.2) is 24.3 Å². The topological polar surface area (TPSA) is 72.9 Å². The standard InChI is InChI=1S/C15H21N3O3/c1-17(2)10-11-6-5-9-18(11)15(21)16-13-8-4-3-7-12(13)14(19)20/h3-4,7-8,11H,5-6,9-10H2,1-2H3,(H,16,21)(H,19,20). The van der Waals surface area contributed by atoms with Crippen molar-refractivity contribution >= 4 is 17.7 Å². The number of aromatic carboxylic acids is 1. The van der Waals surface area contributed by atoms with Gasteiger partial charge in [-0.05, 0) is 39.1 Å². The van der Waals surface area contributed by atoms with E-state index < -0.39 is 5.97 Å². The van der Waals surface area contributed by atoms with Gasteiger partial charge in [0, 0.05) is 19.1 Å². The highest BCUT2D eigenvalue weighted by Gasteiger charge is 2.29. The molecule has 0 spiro atoms. The molecule has 1 aliphatic heterocycles. The minimum absolute atomic E-state index is 0.106. The second kappa shape index (κ2) is 6.58. The summed E-state index contributed by atoms with van der Waals surface area (Å²) >= 11 is 0. The summed E-state index contributed by atoms with van der Waals surface area (Å²) in [6, 6.07) is 6.40. The molecule has 0 saturated carbocycles. The predicted molar refractivity (Wildman–Crippen MR) is 80.7 cm³/mol. The normalized spacial score (nSPS) is 18.0. The first kappa shape index (κ1) is 15.3. The van der Waals surface area contributed by atoms with Crippen LogP contribution in [0.2, 0.25) is 0 Å². The van der Waals surface area contributed by atoms with Crippen LogP contribution < -0.4 is 5.32 Å². The Labute approximate surface area is 124 Å². The summed E-state index contributed by atoms with van der Waals surface area (Å²) in [6.07, 6.45) is 1.96. The number of likely N-dealkylation sites (tertiary alicyclic amines) is 1. The fourth-order valence-electron chi connectivity index (χ4n) is 2.68. The first-order valence-corrected chi connectivity index (χ1v) is 7.03. The average molecular weight is 291 g/mol. The Morgan fingerprint density at radius 1 is 1.38 bits per heavy atom. The van der Waals surface area contributed by atoms with Crippen molar-refractivity contribution in [2.75, 3.05) is 32.5 Å². The lowest BCUT2D eigenvalue weighted by Crippen LogP contribution is -2.43. The molecule has 6 heteroatoms. The first-order valence-electron chi connectivity index (χ1n) is 7.03. The number of nitrogens with one attached hydrogen (secondary N) is 1. The molecule has 0 radical (unpaired) electrons. The van der Waals surface area contributed by atoms with Crippen molar-refractivity contribution in [2.45, 2.75) is 18.9 Å². The van der Waals surface area contributed by atoms with Gasteiger partial charge in [0.25, 0.3) is 0 Å². The second-order valence-electron chi connectivity index (χ2n) is 5.53. The number of urea groups is 1. The van der Waals surface area contributed by atoms with Crippen LogP contribution in [0.5, 0.6) is 0 Å². The molecule has 1 aliphatic rings. The quantitative estimate of drug-likeness (QED) is 0.889.